The number of hydrazone groups is 1. The number of carbonyl (C=O) groups excluding carboxylic acids is 2. The summed E-state index contributed by atoms with van der Waals surface area (Å²) in [6.45, 7) is 1.93. The molecule has 0 unspecified atom stereocenters. The Kier molecular flexibility index (Phi) is 8.62. The fourth-order valence-electron chi connectivity index (χ4n) is 2.93. The molecular weight excluding hydrogens is 436 g/mol. The lowest BCUT2D eigenvalue weighted by Gasteiger charge is -2.09. The monoisotopic (exact) mass is 462 g/mol. The Morgan fingerprint density at radius 2 is 1.56 bits per heavy atom. The summed E-state index contributed by atoms with van der Waals surface area (Å²) in [5.74, 6) is 1.03. The number of nitrogens with zero attached hydrogens (tertiary/aromatic N) is 1. The number of esters is 1. The minimum absolute atomic E-state index is 0.145. The molecule has 0 bridgehead atoms. The van der Waals surface area contributed by atoms with Crippen LogP contribution in [0.4, 0.5) is 0 Å². The molecule has 0 fully saturated rings. The number of amides is 1. The van der Waals surface area contributed by atoms with Crippen LogP contribution in [0.25, 0.3) is 0 Å². The van der Waals surface area contributed by atoms with Crippen LogP contribution in [0.3, 0.4) is 0 Å². The zero-order valence-corrected chi connectivity index (χ0v) is 19.2. The fraction of sp³-hybridized carbons (Fsp3) is 0.192. The lowest BCUT2D eigenvalue weighted by Crippen LogP contribution is -2.24. The van der Waals surface area contributed by atoms with Gasteiger partial charge in [-0.2, -0.15) is 5.10 Å². The minimum Gasteiger partial charge on any atom is -0.493 e. The van der Waals surface area contributed by atoms with Crippen molar-refractivity contribution in [3.63, 3.8) is 0 Å². The van der Waals surface area contributed by atoms with E-state index in [2.05, 4.69) is 17.5 Å². The molecule has 176 valence electrons. The van der Waals surface area contributed by atoms with Crippen LogP contribution < -0.4 is 24.4 Å². The molecular formula is C26H26N2O6. The van der Waals surface area contributed by atoms with Gasteiger partial charge in [-0.3, -0.25) is 4.79 Å². The van der Waals surface area contributed by atoms with Gasteiger partial charge in [-0.1, -0.05) is 19.1 Å². The molecule has 0 spiro atoms. The molecule has 8 nitrogen and oxygen atoms in total. The van der Waals surface area contributed by atoms with E-state index in [0.717, 1.165) is 6.42 Å². The van der Waals surface area contributed by atoms with Crippen molar-refractivity contribution in [2.45, 2.75) is 13.3 Å². The average molecular weight is 463 g/mol. The summed E-state index contributed by atoms with van der Waals surface area (Å²) in [6, 6.07) is 19.0. The van der Waals surface area contributed by atoms with Crippen molar-refractivity contribution in [3.8, 4) is 23.0 Å². The molecule has 0 heterocycles. The quantitative estimate of drug-likeness (QED) is 0.212. The molecule has 3 aromatic carbocycles. The number of methoxy groups -OCH3 is 2. The molecule has 3 rings (SSSR count). The van der Waals surface area contributed by atoms with E-state index >= 15 is 0 Å². The zero-order chi connectivity index (χ0) is 24.3. The van der Waals surface area contributed by atoms with Gasteiger partial charge in [0.1, 0.15) is 11.5 Å². The summed E-state index contributed by atoms with van der Waals surface area (Å²) in [4.78, 5) is 24.3. The summed E-state index contributed by atoms with van der Waals surface area (Å²) < 4.78 is 21.2. The van der Waals surface area contributed by atoms with E-state index in [1.54, 1.807) is 42.5 Å². The van der Waals surface area contributed by atoms with Gasteiger partial charge in [0.15, 0.2) is 18.1 Å². The molecule has 0 saturated heterocycles. The van der Waals surface area contributed by atoms with E-state index in [1.165, 1.54) is 26.0 Å². The third kappa shape index (κ3) is 6.83. The largest absolute Gasteiger partial charge is 0.493 e. The van der Waals surface area contributed by atoms with Crippen molar-refractivity contribution in [1.82, 2.24) is 5.43 Å². The molecule has 8 heteroatoms. The molecule has 0 aromatic heterocycles. The summed E-state index contributed by atoms with van der Waals surface area (Å²) >= 11 is 0. The summed E-state index contributed by atoms with van der Waals surface area (Å²) in [5, 5.41) is 3.92. The van der Waals surface area contributed by atoms with Crippen LogP contribution in [0, 0.1) is 0 Å². The molecule has 1 amide bonds. The lowest BCUT2D eigenvalue weighted by atomic mass is 10.2. The third-order valence-electron chi connectivity index (χ3n) is 4.81. The van der Waals surface area contributed by atoms with Gasteiger partial charge in [0.05, 0.1) is 26.0 Å². The Hall–Kier alpha value is -4.33. The number of benzene rings is 3. The minimum atomic E-state index is -0.529. The molecule has 0 radical (unpaired) electrons. The maximum absolute atomic E-state index is 12.4. The Labute approximate surface area is 198 Å². The molecule has 3 aromatic rings. The van der Waals surface area contributed by atoms with Gasteiger partial charge in [-0.05, 0) is 72.1 Å². The van der Waals surface area contributed by atoms with Crippen molar-refractivity contribution in [2.24, 2.45) is 5.10 Å². The first kappa shape index (κ1) is 24.3. The van der Waals surface area contributed by atoms with Gasteiger partial charge in [0.2, 0.25) is 0 Å². The van der Waals surface area contributed by atoms with E-state index < -0.39 is 5.97 Å². The molecule has 0 aliphatic rings. The van der Waals surface area contributed by atoms with Gasteiger partial charge in [-0.15, -0.1) is 0 Å². The van der Waals surface area contributed by atoms with Gasteiger partial charge < -0.3 is 18.9 Å². The molecule has 0 saturated carbocycles. The third-order valence-corrected chi connectivity index (χ3v) is 4.81. The van der Waals surface area contributed by atoms with E-state index in [4.69, 9.17) is 18.9 Å². The smallest absolute Gasteiger partial charge is 0.343 e. The second-order valence-electron chi connectivity index (χ2n) is 7.11. The topological polar surface area (TPSA) is 95.5 Å². The fourth-order valence-corrected chi connectivity index (χ4v) is 2.93. The van der Waals surface area contributed by atoms with Gasteiger partial charge in [0.25, 0.3) is 5.91 Å². The van der Waals surface area contributed by atoms with E-state index in [-0.39, 0.29) is 12.5 Å². The number of rotatable bonds is 10. The van der Waals surface area contributed by atoms with Gasteiger partial charge >= 0.3 is 5.97 Å². The van der Waals surface area contributed by atoms with Gasteiger partial charge in [0, 0.05) is 0 Å². The van der Waals surface area contributed by atoms with Crippen molar-refractivity contribution in [3.05, 3.63) is 83.4 Å². The van der Waals surface area contributed by atoms with Crippen molar-refractivity contribution in [1.29, 1.82) is 0 Å². The highest BCUT2D eigenvalue weighted by Gasteiger charge is 2.13. The highest BCUT2D eigenvalue weighted by molar-refractivity contribution is 5.92. The standard InChI is InChI=1S/C26H26N2O6/c1-4-18-5-10-21(11-6-18)33-17-25(29)28-27-16-19-7-12-22(13-8-19)34-26(30)20-9-14-23(31-2)24(15-20)32-3/h5-16H,4,17H2,1-3H3,(H,28,29)/b27-16+. The highest BCUT2D eigenvalue weighted by atomic mass is 16.5. The van der Waals surface area contributed by atoms with Crippen LogP contribution in [0.1, 0.15) is 28.4 Å². The highest BCUT2D eigenvalue weighted by Crippen LogP contribution is 2.28. The van der Waals surface area contributed by atoms with Crippen LogP contribution in [-0.2, 0) is 11.2 Å². The maximum Gasteiger partial charge on any atom is 0.343 e. The van der Waals surface area contributed by atoms with Crippen molar-refractivity contribution < 1.29 is 28.5 Å². The normalized spacial score (nSPS) is 10.6. The zero-order valence-electron chi connectivity index (χ0n) is 19.2. The van der Waals surface area contributed by atoms with Crippen LogP contribution >= 0.6 is 0 Å². The Morgan fingerprint density at radius 1 is 0.882 bits per heavy atom. The second-order valence-corrected chi connectivity index (χ2v) is 7.11. The maximum atomic E-state index is 12.4. The number of carbonyl (C=O) groups is 2. The number of aryl methyl sites for hydroxylation is 1. The first-order valence-corrected chi connectivity index (χ1v) is 10.6. The summed E-state index contributed by atoms with van der Waals surface area (Å²) in [7, 11) is 3.01. The number of hydrogen-bond acceptors (Lipinski definition) is 7. The molecule has 34 heavy (non-hydrogen) atoms. The van der Waals surface area contributed by atoms with Crippen LogP contribution in [0.2, 0.25) is 0 Å². The SMILES string of the molecule is CCc1ccc(OCC(=O)N/N=C/c2ccc(OC(=O)c3ccc(OC)c(OC)c3)cc2)cc1. The van der Waals surface area contributed by atoms with Gasteiger partial charge in [-0.25, -0.2) is 10.2 Å². The van der Waals surface area contributed by atoms with Crippen molar-refractivity contribution in [2.75, 3.05) is 20.8 Å². The predicted octanol–water partition coefficient (Wildman–Crippen LogP) is 4.01. The number of nitrogens with one attached hydrogen (secondary N) is 1. The summed E-state index contributed by atoms with van der Waals surface area (Å²) in [5.41, 5.74) is 4.65. The molecule has 0 atom stereocenters. The first-order chi connectivity index (χ1) is 16.5. The predicted molar refractivity (Wildman–Crippen MR) is 128 cm³/mol. The Morgan fingerprint density at radius 3 is 2.21 bits per heavy atom. The lowest BCUT2D eigenvalue weighted by molar-refractivity contribution is -0.123. The molecule has 0 aliphatic carbocycles. The van der Waals surface area contributed by atoms with Crippen LogP contribution in [-0.4, -0.2) is 38.9 Å². The summed E-state index contributed by atoms with van der Waals surface area (Å²) in [6.07, 6.45) is 2.42. The van der Waals surface area contributed by atoms with E-state index in [0.29, 0.717) is 34.1 Å². The Bertz CT molecular complexity index is 1140. The molecule has 1 N–H and O–H groups in total. The van der Waals surface area contributed by atoms with E-state index in [1.807, 2.05) is 24.3 Å². The van der Waals surface area contributed by atoms with Crippen LogP contribution in [0.15, 0.2) is 71.8 Å². The second kappa shape index (κ2) is 12.1. The Balaban J connectivity index is 1.48. The van der Waals surface area contributed by atoms with Crippen LogP contribution in [0.5, 0.6) is 23.0 Å². The van der Waals surface area contributed by atoms with E-state index in [9.17, 15) is 9.59 Å². The average Bonchev–Trinajstić information content (AvgIpc) is 2.88. The number of hydrogen-bond donors (Lipinski definition) is 1. The van der Waals surface area contributed by atoms with Crippen molar-refractivity contribution >= 4 is 18.1 Å². The molecule has 0 aliphatic heterocycles. The first-order valence-electron chi connectivity index (χ1n) is 10.6. The number of ether oxygens (including phenoxy) is 4.